The number of aromatic nitrogens is 1. The van der Waals surface area contributed by atoms with E-state index in [0.717, 1.165) is 44.0 Å². The van der Waals surface area contributed by atoms with E-state index in [1.807, 2.05) is 18.3 Å². The molecular formula is C20H27N3O. The van der Waals surface area contributed by atoms with Crippen molar-refractivity contribution in [3.05, 3.63) is 65.0 Å². The van der Waals surface area contributed by atoms with Gasteiger partial charge in [0, 0.05) is 45.5 Å². The van der Waals surface area contributed by atoms with E-state index >= 15 is 0 Å². The van der Waals surface area contributed by atoms with E-state index in [1.165, 1.54) is 11.1 Å². The topological polar surface area (TPSA) is 39.6 Å². The Bertz CT molecular complexity index is 651. The van der Waals surface area contributed by atoms with Crippen LogP contribution in [0.4, 0.5) is 0 Å². The molecule has 0 saturated carbocycles. The van der Waals surface area contributed by atoms with Crippen LogP contribution in [0.2, 0.25) is 0 Å². The van der Waals surface area contributed by atoms with E-state index in [1.54, 1.807) is 0 Å². The van der Waals surface area contributed by atoms with Gasteiger partial charge < -0.3 is 5.11 Å². The molecule has 0 radical (unpaired) electrons. The van der Waals surface area contributed by atoms with Crippen molar-refractivity contribution in [3.63, 3.8) is 0 Å². The Kier molecular flexibility index (Phi) is 5.61. The molecule has 1 N–H and O–H groups in total. The Labute approximate surface area is 144 Å². The van der Waals surface area contributed by atoms with E-state index in [0.29, 0.717) is 6.54 Å². The van der Waals surface area contributed by atoms with Gasteiger partial charge >= 0.3 is 0 Å². The van der Waals surface area contributed by atoms with Crippen molar-refractivity contribution < 1.29 is 5.11 Å². The van der Waals surface area contributed by atoms with Gasteiger partial charge in [0.25, 0.3) is 0 Å². The lowest BCUT2D eigenvalue weighted by Crippen LogP contribution is -2.47. The van der Waals surface area contributed by atoms with Gasteiger partial charge in [-0.15, -0.1) is 0 Å². The molecule has 1 unspecified atom stereocenters. The lowest BCUT2D eigenvalue weighted by molar-refractivity contribution is 0.0694. The van der Waals surface area contributed by atoms with E-state index < -0.39 is 6.10 Å². The molecule has 1 saturated heterocycles. The maximum atomic E-state index is 10.6. The molecule has 0 bridgehead atoms. The van der Waals surface area contributed by atoms with E-state index in [-0.39, 0.29) is 0 Å². The first-order valence-electron chi connectivity index (χ1n) is 8.71. The first-order chi connectivity index (χ1) is 11.6. The molecule has 1 aromatic carbocycles. The molecule has 1 aromatic heterocycles. The van der Waals surface area contributed by atoms with Crippen molar-refractivity contribution in [2.75, 3.05) is 32.7 Å². The van der Waals surface area contributed by atoms with Crippen LogP contribution in [0, 0.1) is 13.8 Å². The number of aliphatic hydroxyl groups excluding tert-OH is 1. The fourth-order valence-corrected chi connectivity index (χ4v) is 3.39. The number of aryl methyl sites for hydroxylation is 2. The van der Waals surface area contributed by atoms with Crippen LogP contribution in [-0.2, 0) is 6.54 Å². The zero-order valence-corrected chi connectivity index (χ0v) is 14.7. The summed E-state index contributed by atoms with van der Waals surface area (Å²) in [6, 6.07) is 12.4. The molecule has 4 nitrogen and oxygen atoms in total. The fourth-order valence-electron chi connectivity index (χ4n) is 3.39. The average molecular weight is 325 g/mol. The second-order valence-corrected chi connectivity index (χ2v) is 6.77. The Morgan fingerprint density at radius 3 is 2.46 bits per heavy atom. The Morgan fingerprint density at radius 1 is 1.04 bits per heavy atom. The minimum atomic E-state index is -0.409. The molecule has 2 aromatic rings. The average Bonchev–Trinajstić information content (AvgIpc) is 2.57. The number of piperazine rings is 1. The minimum absolute atomic E-state index is 0.409. The smallest absolute Gasteiger partial charge is 0.0919 e. The molecule has 2 heterocycles. The van der Waals surface area contributed by atoms with Crippen LogP contribution in [-0.4, -0.2) is 52.6 Å². The van der Waals surface area contributed by atoms with Gasteiger partial charge in [0.1, 0.15) is 0 Å². The third-order valence-electron chi connectivity index (χ3n) is 4.79. The molecule has 128 valence electrons. The third kappa shape index (κ3) is 4.41. The van der Waals surface area contributed by atoms with Crippen molar-refractivity contribution in [1.82, 2.24) is 14.8 Å². The molecule has 1 aliphatic heterocycles. The molecule has 1 aliphatic rings. The van der Waals surface area contributed by atoms with E-state index in [2.05, 4.69) is 52.9 Å². The van der Waals surface area contributed by atoms with Crippen molar-refractivity contribution >= 4 is 0 Å². The van der Waals surface area contributed by atoms with Crippen LogP contribution < -0.4 is 0 Å². The third-order valence-corrected chi connectivity index (χ3v) is 4.79. The summed E-state index contributed by atoms with van der Waals surface area (Å²) in [5.74, 6) is 0. The highest BCUT2D eigenvalue weighted by molar-refractivity contribution is 5.32. The van der Waals surface area contributed by atoms with Crippen LogP contribution in [0.1, 0.15) is 28.5 Å². The molecule has 4 heteroatoms. The van der Waals surface area contributed by atoms with Gasteiger partial charge in [0.2, 0.25) is 0 Å². The van der Waals surface area contributed by atoms with Crippen molar-refractivity contribution in [3.8, 4) is 0 Å². The van der Waals surface area contributed by atoms with Crippen LogP contribution in [0.3, 0.4) is 0 Å². The lowest BCUT2D eigenvalue weighted by atomic mass is 10.0. The summed E-state index contributed by atoms with van der Waals surface area (Å²) >= 11 is 0. The monoisotopic (exact) mass is 325 g/mol. The number of rotatable bonds is 5. The highest BCUT2D eigenvalue weighted by Gasteiger charge is 2.20. The second-order valence-electron chi connectivity index (χ2n) is 6.77. The number of pyridine rings is 1. The van der Waals surface area contributed by atoms with Crippen LogP contribution in [0.15, 0.2) is 42.6 Å². The molecule has 1 atom stereocenters. The Morgan fingerprint density at radius 2 is 1.79 bits per heavy atom. The fraction of sp³-hybridized carbons (Fsp3) is 0.450. The van der Waals surface area contributed by atoms with Crippen LogP contribution in [0.5, 0.6) is 0 Å². The zero-order chi connectivity index (χ0) is 16.9. The normalized spacial score (nSPS) is 17.8. The van der Waals surface area contributed by atoms with E-state index in [4.69, 9.17) is 0 Å². The second kappa shape index (κ2) is 7.88. The molecule has 0 spiro atoms. The lowest BCUT2D eigenvalue weighted by Gasteiger charge is -2.35. The van der Waals surface area contributed by atoms with Gasteiger partial charge in [-0.1, -0.05) is 29.8 Å². The predicted molar refractivity (Wildman–Crippen MR) is 96.8 cm³/mol. The maximum Gasteiger partial charge on any atom is 0.0919 e. The highest BCUT2D eigenvalue weighted by atomic mass is 16.3. The van der Waals surface area contributed by atoms with Crippen molar-refractivity contribution in [2.24, 2.45) is 0 Å². The Balaban J connectivity index is 1.50. The minimum Gasteiger partial charge on any atom is -0.387 e. The molecule has 1 fully saturated rings. The molecule has 3 rings (SSSR count). The highest BCUT2D eigenvalue weighted by Crippen LogP contribution is 2.20. The van der Waals surface area contributed by atoms with E-state index in [9.17, 15) is 5.11 Å². The summed E-state index contributed by atoms with van der Waals surface area (Å²) < 4.78 is 0. The number of hydrogen-bond acceptors (Lipinski definition) is 4. The summed E-state index contributed by atoms with van der Waals surface area (Å²) in [6.07, 6.45) is 1.44. The van der Waals surface area contributed by atoms with Gasteiger partial charge in [0.15, 0.2) is 0 Å². The van der Waals surface area contributed by atoms with Crippen LogP contribution >= 0.6 is 0 Å². The SMILES string of the molecule is Cc1ccc(C(O)CN2CCN(Cc3ccccn3)CC2)c(C)c1. The van der Waals surface area contributed by atoms with Gasteiger partial charge in [-0.2, -0.15) is 0 Å². The number of aliphatic hydroxyl groups is 1. The largest absolute Gasteiger partial charge is 0.387 e. The quantitative estimate of drug-likeness (QED) is 0.917. The van der Waals surface area contributed by atoms with Gasteiger partial charge in [-0.3, -0.25) is 14.8 Å². The zero-order valence-electron chi connectivity index (χ0n) is 14.7. The van der Waals surface area contributed by atoms with Gasteiger partial charge in [0.05, 0.1) is 11.8 Å². The molecule has 0 amide bonds. The number of β-amino-alcohol motifs (C(OH)–C–C–N with tert-alkyl or cyclic N) is 1. The van der Waals surface area contributed by atoms with Gasteiger partial charge in [-0.05, 0) is 37.1 Å². The summed E-state index contributed by atoms with van der Waals surface area (Å²) in [6.45, 7) is 9.83. The predicted octanol–water partition coefficient (Wildman–Crippen LogP) is 2.55. The first-order valence-corrected chi connectivity index (χ1v) is 8.71. The van der Waals surface area contributed by atoms with Crippen molar-refractivity contribution in [2.45, 2.75) is 26.5 Å². The molecule has 0 aliphatic carbocycles. The van der Waals surface area contributed by atoms with Gasteiger partial charge in [-0.25, -0.2) is 0 Å². The summed E-state index contributed by atoms with van der Waals surface area (Å²) in [5.41, 5.74) is 4.60. The molecular weight excluding hydrogens is 298 g/mol. The standard InChI is InChI=1S/C20H27N3O/c1-16-6-7-19(17(2)13-16)20(24)15-23-11-9-22(10-12-23)14-18-5-3-4-8-21-18/h3-8,13,20,24H,9-12,14-15H2,1-2H3. The van der Waals surface area contributed by atoms with Crippen LogP contribution in [0.25, 0.3) is 0 Å². The first kappa shape index (κ1) is 17.1. The number of hydrogen-bond donors (Lipinski definition) is 1. The number of nitrogens with zero attached hydrogens (tertiary/aromatic N) is 3. The summed E-state index contributed by atoms with van der Waals surface area (Å²) in [4.78, 5) is 9.19. The Hall–Kier alpha value is -1.75. The van der Waals surface area contributed by atoms with Crippen molar-refractivity contribution in [1.29, 1.82) is 0 Å². The maximum absolute atomic E-state index is 10.6. The summed E-state index contributed by atoms with van der Waals surface area (Å²) in [5, 5.41) is 10.6. The summed E-state index contributed by atoms with van der Waals surface area (Å²) in [7, 11) is 0. The number of benzene rings is 1. The molecule has 24 heavy (non-hydrogen) atoms.